The van der Waals surface area contributed by atoms with Crippen LogP contribution in [0.3, 0.4) is 0 Å². The number of rotatable bonds is 7. The lowest BCUT2D eigenvalue weighted by atomic mass is 10.1. The number of nitrogens with one attached hydrogen (secondary N) is 1. The van der Waals surface area contributed by atoms with E-state index in [4.69, 9.17) is 4.74 Å². The van der Waals surface area contributed by atoms with Crippen molar-refractivity contribution >= 4 is 0 Å². The van der Waals surface area contributed by atoms with E-state index in [0.29, 0.717) is 0 Å². The molecule has 1 N–H and O–H groups in total. The maximum Gasteiger partial charge on any atom is 0.0590 e. The summed E-state index contributed by atoms with van der Waals surface area (Å²) in [6.07, 6.45) is 5.58. The molecule has 0 bridgehead atoms. The Balaban J connectivity index is 2.01. The van der Waals surface area contributed by atoms with E-state index in [-0.39, 0.29) is 0 Å². The monoisotopic (exact) mass is 228 g/mol. The van der Waals surface area contributed by atoms with E-state index >= 15 is 0 Å². The van der Waals surface area contributed by atoms with Crippen LogP contribution in [0, 0.1) is 0 Å². The topological polar surface area (TPSA) is 24.5 Å². The summed E-state index contributed by atoms with van der Waals surface area (Å²) in [6.45, 7) is 10.6. The van der Waals surface area contributed by atoms with Gasteiger partial charge in [-0.05, 0) is 33.2 Å². The normalized spacial score (nSPS) is 23.2. The predicted octanol–water partition coefficient (Wildman–Crippen LogP) is 1.88. The van der Waals surface area contributed by atoms with Crippen molar-refractivity contribution < 1.29 is 4.74 Å². The van der Waals surface area contributed by atoms with Crippen LogP contribution >= 0.6 is 0 Å². The molecule has 0 aliphatic carbocycles. The van der Waals surface area contributed by atoms with Crippen molar-refractivity contribution in [2.24, 2.45) is 0 Å². The van der Waals surface area contributed by atoms with Crippen LogP contribution in [0.2, 0.25) is 0 Å². The second-order valence-electron chi connectivity index (χ2n) is 4.68. The summed E-state index contributed by atoms with van der Waals surface area (Å²) in [5.74, 6) is 0. The molecule has 0 aromatic heterocycles. The fourth-order valence-electron chi connectivity index (χ4n) is 2.30. The molecule has 0 amide bonds. The molecular weight excluding hydrogens is 200 g/mol. The number of nitrogens with zero attached hydrogens (tertiary/aromatic N) is 1. The summed E-state index contributed by atoms with van der Waals surface area (Å²) in [6, 6.07) is 0.774. The van der Waals surface area contributed by atoms with Gasteiger partial charge in [-0.2, -0.15) is 0 Å². The molecule has 0 radical (unpaired) electrons. The molecule has 3 nitrogen and oxygen atoms in total. The van der Waals surface area contributed by atoms with Crippen molar-refractivity contribution in [3.8, 4) is 0 Å². The molecule has 1 heterocycles. The van der Waals surface area contributed by atoms with E-state index in [9.17, 15) is 0 Å². The van der Waals surface area contributed by atoms with Crippen molar-refractivity contribution in [3.63, 3.8) is 0 Å². The summed E-state index contributed by atoms with van der Waals surface area (Å²) in [7, 11) is 0. The van der Waals surface area contributed by atoms with E-state index in [1.807, 2.05) is 6.92 Å². The molecule has 1 atom stereocenters. The van der Waals surface area contributed by atoms with E-state index in [0.717, 1.165) is 32.3 Å². The number of ether oxygens (including phenoxy) is 1. The maximum absolute atomic E-state index is 5.29. The maximum atomic E-state index is 5.29. The van der Waals surface area contributed by atoms with Gasteiger partial charge in [0.1, 0.15) is 0 Å². The Morgan fingerprint density at radius 3 is 2.94 bits per heavy atom. The minimum Gasteiger partial charge on any atom is -0.380 e. The molecule has 1 unspecified atom stereocenters. The molecule has 1 aliphatic heterocycles. The van der Waals surface area contributed by atoms with Crippen LogP contribution in [0.1, 0.15) is 39.5 Å². The first-order chi connectivity index (χ1) is 7.84. The zero-order valence-electron chi connectivity index (χ0n) is 11.0. The average molecular weight is 228 g/mol. The quantitative estimate of drug-likeness (QED) is 0.673. The van der Waals surface area contributed by atoms with Gasteiger partial charge in [-0.15, -0.1) is 0 Å². The first-order valence-electron chi connectivity index (χ1n) is 6.87. The zero-order chi connectivity index (χ0) is 11.6. The third kappa shape index (κ3) is 5.83. The molecule has 1 aliphatic rings. The molecule has 1 rings (SSSR count). The first-order valence-corrected chi connectivity index (χ1v) is 6.87. The van der Waals surface area contributed by atoms with Gasteiger partial charge >= 0.3 is 0 Å². The number of hydrogen-bond acceptors (Lipinski definition) is 3. The predicted molar refractivity (Wildman–Crippen MR) is 68.9 cm³/mol. The molecular formula is C13H28N2O. The summed E-state index contributed by atoms with van der Waals surface area (Å²) < 4.78 is 5.29. The van der Waals surface area contributed by atoms with Crippen LogP contribution in [-0.2, 0) is 4.74 Å². The van der Waals surface area contributed by atoms with Gasteiger partial charge in [-0.3, -0.25) is 4.90 Å². The highest BCUT2D eigenvalue weighted by molar-refractivity contribution is 4.71. The van der Waals surface area contributed by atoms with Gasteiger partial charge < -0.3 is 10.1 Å². The van der Waals surface area contributed by atoms with Crippen LogP contribution in [0.15, 0.2) is 0 Å². The molecule has 1 fully saturated rings. The molecule has 1 saturated heterocycles. The molecule has 0 saturated carbocycles. The summed E-state index contributed by atoms with van der Waals surface area (Å²) in [4.78, 5) is 2.63. The standard InChI is InChI=1S/C13H28N2O/c1-3-16-12-9-14-8-11-15-10-6-4-5-7-13(15)2/h13-14H,3-12H2,1-2H3. The van der Waals surface area contributed by atoms with Crippen LogP contribution in [0.5, 0.6) is 0 Å². The van der Waals surface area contributed by atoms with Crippen LogP contribution in [-0.4, -0.2) is 50.3 Å². The van der Waals surface area contributed by atoms with E-state index in [2.05, 4.69) is 17.1 Å². The van der Waals surface area contributed by atoms with Gasteiger partial charge in [0.2, 0.25) is 0 Å². The van der Waals surface area contributed by atoms with Gasteiger partial charge in [0.15, 0.2) is 0 Å². The molecule has 3 heteroatoms. The lowest BCUT2D eigenvalue weighted by Crippen LogP contribution is -2.38. The van der Waals surface area contributed by atoms with Crippen LogP contribution in [0.25, 0.3) is 0 Å². The largest absolute Gasteiger partial charge is 0.380 e. The summed E-state index contributed by atoms with van der Waals surface area (Å²) >= 11 is 0. The van der Waals surface area contributed by atoms with E-state index < -0.39 is 0 Å². The lowest BCUT2D eigenvalue weighted by Gasteiger charge is -2.26. The van der Waals surface area contributed by atoms with Gasteiger partial charge in [0.25, 0.3) is 0 Å². The summed E-state index contributed by atoms with van der Waals surface area (Å²) in [5, 5.41) is 3.44. The van der Waals surface area contributed by atoms with Gasteiger partial charge in [-0.1, -0.05) is 12.8 Å². The Labute approximate surface area is 101 Å². The molecule has 0 aromatic carbocycles. The molecule has 16 heavy (non-hydrogen) atoms. The lowest BCUT2D eigenvalue weighted by molar-refractivity contribution is 0.147. The Morgan fingerprint density at radius 1 is 1.25 bits per heavy atom. The van der Waals surface area contributed by atoms with Crippen molar-refractivity contribution in [3.05, 3.63) is 0 Å². The zero-order valence-corrected chi connectivity index (χ0v) is 11.0. The average Bonchev–Trinajstić information content (AvgIpc) is 2.49. The van der Waals surface area contributed by atoms with Gasteiger partial charge in [0.05, 0.1) is 6.61 Å². The number of hydrogen-bond donors (Lipinski definition) is 1. The van der Waals surface area contributed by atoms with E-state index in [1.54, 1.807) is 0 Å². The highest BCUT2D eigenvalue weighted by atomic mass is 16.5. The Morgan fingerprint density at radius 2 is 2.12 bits per heavy atom. The fourth-order valence-corrected chi connectivity index (χ4v) is 2.30. The minimum absolute atomic E-state index is 0.774. The van der Waals surface area contributed by atoms with Crippen LogP contribution < -0.4 is 5.32 Å². The SMILES string of the molecule is CCOCCNCCN1CCCCCC1C. The molecule has 0 aromatic rings. The fraction of sp³-hybridized carbons (Fsp3) is 1.00. The van der Waals surface area contributed by atoms with Crippen LogP contribution in [0.4, 0.5) is 0 Å². The second kappa shape index (κ2) is 8.97. The van der Waals surface area contributed by atoms with Gasteiger partial charge in [-0.25, -0.2) is 0 Å². The molecule has 0 spiro atoms. The number of likely N-dealkylation sites (tertiary alicyclic amines) is 1. The second-order valence-corrected chi connectivity index (χ2v) is 4.68. The Kier molecular flexibility index (Phi) is 7.81. The highest BCUT2D eigenvalue weighted by Crippen LogP contribution is 2.15. The Bertz CT molecular complexity index is 164. The van der Waals surface area contributed by atoms with Crippen molar-refractivity contribution in [2.75, 3.05) is 39.4 Å². The smallest absolute Gasteiger partial charge is 0.0590 e. The van der Waals surface area contributed by atoms with Crippen molar-refractivity contribution in [1.29, 1.82) is 0 Å². The minimum atomic E-state index is 0.774. The third-order valence-electron chi connectivity index (χ3n) is 3.39. The Hall–Kier alpha value is -0.120. The molecule has 96 valence electrons. The summed E-state index contributed by atoms with van der Waals surface area (Å²) in [5.41, 5.74) is 0. The first kappa shape index (κ1) is 13.9. The van der Waals surface area contributed by atoms with E-state index in [1.165, 1.54) is 38.8 Å². The van der Waals surface area contributed by atoms with Gasteiger partial charge in [0, 0.05) is 32.3 Å². The van der Waals surface area contributed by atoms with Crippen molar-refractivity contribution in [2.45, 2.75) is 45.6 Å². The van der Waals surface area contributed by atoms with Crippen molar-refractivity contribution in [1.82, 2.24) is 10.2 Å². The highest BCUT2D eigenvalue weighted by Gasteiger charge is 2.15. The third-order valence-corrected chi connectivity index (χ3v) is 3.39.